The third-order valence-electron chi connectivity index (χ3n) is 4.44. The van der Waals surface area contributed by atoms with Crippen molar-refractivity contribution in [1.82, 2.24) is 15.2 Å². The molecule has 27 heavy (non-hydrogen) atoms. The summed E-state index contributed by atoms with van der Waals surface area (Å²) in [4.78, 5) is 30.9. The fraction of sp³-hybridized carbons (Fsp3) is 0.421. The molecule has 1 unspecified atom stereocenters. The van der Waals surface area contributed by atoms with Crippen LogP contribution in [0.1, 0.15) is 43.1 Å². The van der Waals surface area contributed by atoms with Gasteiger partial charge in [-0.2, -0.15) is 0 Å². The number of piperidine rings is 1. The molecule has 0 aliphatic carbocycles. The summed E-state index contributed by atoms with van der Waals surface area (Å²) < 4.78 is 0. The summed E-state index contributed by atoms with van der Waals surface area (Å²) in [7, 11) is 0. The van der Waals surface area contributed by atoms with E-state index < -0.39 is 0 Å². The number of nitrogens with zero attached hydrogens (tertiary/aromatic N) is 2. The van der Waals surface area contributed by atoms with Crippen LogP contribution in [-0.2, 0) is 4.79 Å². The third-order valence-corrected chi connectivity index (χ3v) is 6.07. The highest BCUT2D eigenvalue weighted by Crippen LogP contribution is 2.30. The van der Waals surface area contributed by atoms with Crippen molar-refractivity contribution in [2.45, 2.75) is 38.6 Å². The van der Waals surface area contributed by atoms with Crippen LogP contribution in [0.5, 0.6) is 0 Å². The molecular formula is C19H21Cl2N3O2S. The summed E-state index contributed by atoms with van der Waals surface area (Å²) >= 11 is 13.4. The van der Waals surface area contributed by atoms with Crippen LogP contribution in [-0.4, -0.2) is 40.8 Å². The van der Waals surface area contributed by atoms with Crippen molar-refractivity contribution in [3.8, 4) is 10.6 Å². The lowest BCUT2D eigenvalue weighted by molar-refractivity contribution is -0.122. The van der Waals surface area contributed by atoms with Gasteiger partial charge in [-0.25, -0.2) is 4.98 Å². The normalized spacial score (nSPS) is 17.0. The van der Waals surface area contributed by atoms with Gasteiger partial charge in [0.15, 0.2) is 0 Å². The molecule has 5 nitrogen and oxygen atoms in total. The van der Waals surface area contributed by atoms with Gasteiger partial charge in [0, 0.05) is 36.5 Å². The first-order valence-electron chi connectivity index (χ1n) is 8.97. The summed E-state index contributed by atoms with van der Waals surface area (Å²) in [6.45, 7) is 3.18. The summed E-state index contributed by atoms with van der Waals surface area (Å²) in [5.41, 5.74) is 1.25. The molecule has 2 amide bonds. The standard InChI is InChI=1S/C19H21Cl2N3O2S/c1-2-4-17(25)22-13-5-3-8-24(10-13)19(26)16-11-27-18(23-16)12-6-7-14(20)15(21)9-12/h6-7,9,11,13H,2-5,8,10H2,1H3,(H,22,25). The van der Waals surface area contributed by atoms with Gasteiger partial charge in [0.05, 0.1) is 10.0 Å². The van der Waals surface area contributed by atoms with Crippen molar-refractivity contribution in [2.75, 3.05) is 13.1 Å². The van der Waals surface area contributed by atoms with Crippen LogP contribution in [0.2, 0.25) is 10.0 Å². The number of amides is 2. The number of carbonyl (C=O) groups is 2. The lowest BCUT2D eigenvalue weighted by Gasteiger charge is -2.32. The van der Waals surface area contributed by atoms with Gasteiger partial charge in [-0.1, -0.05) is 36.2 Å². The van der Waals surface area contributed by atoms with E-state index >= 15 is 0 Å². The van der Waals surface area contributed by atoms with Gasteiger partial charge in [-0.05, 0) is 31.4 Å². The quantitative estimate of drug-likeness (QED) is 0.758. The molecule has 1 aliphatic heterocycles. The van der Waals surface area contributed by atoms with Crippen LogP contribution in [0.15, 0.2) is 23.6 Å². The number of nitrogens with one attached hydrogen (secondary N) is 1. The van der Waals surface area contributed by atoms with Crippen LogP contribution in [0.4, 0.5) is 0 Å². The van der Waals surface area contributed by atoms with E-state index in [2.05, 4.69) is 10.3 Å². The van der Waals surface area contributed by atoms with E-state index in [0.717, 1.165) is 29.8 Å². The zero-order valence-corrected chi connectivity index (χ0v) is 17.3. The lowest BCUT2D eigenvalue weighted by Crippen LogP contribution is -2.49. The highest BCUT2D eigenvalue weighted by molar-refractivity contribution is 7.13. The molecule has 2 aromatic rings. The summed E-state index contributed by atoms with van der Waals surface area (Å²) in [5.74, 6) is -0.0561. The van der Waals surface area contributed by atoms with E-state index in [1.807, 2.05) is 13.0 Å². The average molecular weight is 426 g/mol. The number of halogens is 2. The van der Waals surface area contributed by atoms with Crippen molar-refractivity contribution >= 4 is 46.4 Å². The molecule has 0 radical (unpaired) electrons. The Balaban J connectivity index is 1.68. The van der Waals surface area contributed by atoms with Gasteiger partial charge in [-0.15, -0.1) is 11.3 Å². The number of hydrogen-bond acceptors (Lipinski definition) is 4. The molecule has 3 rings (SSSR count). The van der Waals surface area contributed by atoms with E-state index in [0.29, 0.717) is 35.2 Å². The summed E-state index contributed by atoms with van der Waals surface area (Å²) in [5, 5.41) is 6.45. The largest absolute Gasteiger partial charge is 0.352 e. The molecule has 1 N–H and O–H groups in total. The smallest absolute Gasteiger partial charge is 0.273 e. The van der Waals surface area contributed by atoms with Gasteiger partial charge in [0.2, 0.25) is 5.91 Å². The Morgan fingerprint density at radius 3 is 2.89 bits per heavy atom. The number of hydrogen-bond donors (Lipinski definition) is 1. The minimum atomic E-state index is -0.105. The van der Waals surface area contributed by atoms with Crippen molar-refractivity contribution in [2.24, 2.45) is 0 Å². The predicted molar refractivity (Wildman–Crippen MR) is 110 cm³/mol. The Morgan fingerprint density at radius 2 is 2.15 bits per heavy atom. The van der Waals surface area contributed by atoms with Crippen molar-refractivity contribution < 1.29 is 9.59 Å². The van der Waals surface area contributed by atoms with Gasteiger partial charge < -0.3 is 10.2 Å². The fourth-order valence-corrected chi connectivity index (χ4v) is 4.19. The van der Waals surface area contributed by atoms with Crippen LogP contribution in [0.3, 0.4) is 0 Å². The monoisotopic (exact) mass is 425 g/mol. The van der Waals surface area contributed by atoms with E-state index in [1.54, 1.807) is 22.4 Å². The molecular weight excluding hydrogens is 405 g/mol. The minimum absolute atomic E-state index is 0.00919. The van der Waals surface area contributed by atoms with Crippen molar-refractivity contribution in [3.63, 3.8) is 0 Å². The van der Waals surface area contributed by atoms with Crippen LogP contribution in [0, 0.1) is 0 Å². The number of likely N-dealkylation sites (tertiary alicyclic amines) is 1. The highest BCUT2D eigenvalue weighted by atomic mass is 35.5. The first-order chi connectivity index (χ1) is 13.0. The lowest BCUT2D eigenvalue weighted by atomic mass is 10.0. The second-order valence-electron chi connectivity index (χ2n) is 6.57. The van der Waals surface area contributed by atoms with Gasteiger partial charge in [-0.3, -0.25) is 9.59 Å². The number of rotatable bonds is 5. The molecule has 1 aliphatic rings. The van der Waals surface area contributed by atoms with E-state index in [4.69, 9.17) is 23.2 Å². The minimum Gasteiger partial charge on any atom is -0.352 e. The maximum atomic E-state index is 12.8. The third kappa shape index (κ3) is 5.00. The zero-order valence-electron chi connectivity index (χ0n) is 15.0. The molecule has 1 aromatic carbocycles. The number of carbonyl (C=O) groups excluding carboxylic acids is 2. The Kier molecular flexibility index (Phi) is 6.73. The fourth-order valence-electron chi connectivity index (χ4n) is 3.10. The molecule has 0 saturated carbocycles. The van der Waals surface area contributed by atoms with Crippen molar-refractivity contribution in [1.29, 1.82) is 0 Å². The Morgan fingerprint density at radius 1 is 1.33 bits per heavy atom. The molecule has 1 aromatic heterocycles. The molecule has 1 saturated heterocycles. The molecule has 144 valence electrons. The summed E-state index contributed by atoms with van der Waals surface area (Å²) in [6, 6.07) is 5.31. The second-order valence-corrected chi connectivity index (χ2v) is 8.25. The van der Waals surface area contributed by atoms with E-state index in [1.165, 1.54) is 11.3 Å². The SMILES string of the molecule is CCCC(=O)NC1CCCN(C(=O)c2csc(-c3ccc(Cl)c(Cl)c3)n2)C1. The molecule has 8 heteroatoms. The van der Waals surface area contributed by atoms with E-state index in [-0.39, 0.29) is 17.9 Å². The second kappa shape index (κ2) is 9.04. The van der Waals surface area contributed by atoms with Gasteiger partial charge in [0.25, 0.3) is 5.91 Å². The zero-order chi connectivity index (χ0) is 19.4. The van der Waals surface area contributed by atoms with Crippen LogP contribution in [0.25, 0.3) is 10.6 Å². The molecule has 2 heterocycles. The van der Waals surface area contributed by atoms with Gasteiger partial charge >= 0.3 is 0 Å². The Hall–Kier alpha value is -1.63. The number of thiazole rings is 1. The molecule has 1 atom stereocenters. The first-order valence-corrected chi connectivity index (χ1v) is 10.6. The maximum Gasteiger partial charge on any atom is 0.273 e. The topological polar surface area (TPSA) is 62.3 Å². The molecule has 1 fully saturated rings. The number of aromatic nitrogens is 1. The molecule has 0 spiro atoms. The van der Waals surface area contributed by atoms with Crippen molar-refractivity contribution in [3.05, 3.63) is 39.3 Å². The Bertz CT molecular complexity index is 840. The van der Waals surface area contributed by atoms with E-state index in [9.17, 15) is 9.59 Å². The van der Waals surface area contributed by atoms with Gasteiger partial charge in [0.1, 0.15) is 10.7 Å². The number of benzene rings is 1. The highest BCUT2D eigenvalue weighted by Gasteiger charge is 2.26. The molecule has 0 bridgehead atoms. The summed E-state index contributed by atoms with van der Waals surface area (Å²) in [6.07, 6.45) is 3.10. The van der Waals surface area contributed by atoms with Crippen LogP contribution < -0.4 is 5.32 Å². The Labute approximate surface area is 172 Å². The maximum absolute atomic E-state index is 12.8. The van der Waals surface area contributed by atoms with Crippen LogP contribution >= 0.6 is 34.5 Å². The predicted octanol–water partition coefficient (Wildman–Crippen LogP) is 4.64. The first kappa shape index (κ1) is 20.1. The average Bonchev–Trinajstić information content (AvgIpc) is 3.14.